The third-order valence-corrected chi connectivity index (χ3v) is 20.2. The molecule has 2 saturated heterocycles. The summed E-state index contributed by atoms with van der Waals surface area (Å²) in [5.41, 5.74) is 0. The molecule has 99 heavy (non-hydrogen) atoms. The highest BCUT2D eigenvalue weighted by atomic mass is 31.2. The average Bonchev–Trinajstić information content (AvgIpc) is 0.763. The summed E-state index contributed by atoms with van der Waals surface area (Å²) in [4.78, 5) is 51.0. The van der Waals surface area contributed by atoms with Crippen molar-refractivity contribution in [3.05, 3.63) is 24.3 Å². The van der Waals surface area contributed by atoms with E-state index in [1.54, 1.807) is 6.08 Å². The van der Waals surface area contributed by atoms with Gasteiger partial charge in [0.25, 0.3) is 0 Å². The number of aliphatic hydroxyl groups is 10. The van der Waals surface area contributed by atoms with Crippen molar-refractivity contribution in [1.82, 2.24) is 0 Å². The molecule has 3 aliphatic rings. The van der Waals surface area contributed by atoms with Crippen molar-refractivity contribution in [2.45, 2.75) is 395 Å². The fourth-order valence-corrected chi connectivity index (χ4v) is 13.8. The van der Waals surface area contributed by atoms with Gasteiger partial charge < -0.3 is 89.1 Å². The van der Waals surface area contributed by atoms with Crippen LogP contribution in [0.2, 0.25) is 0 Å². The van der Waals surface area contributed by atoms with Crippen molar-refractivity contribution in [2.24, 2.45) is 5.92 Å². The molecule has 1 aliphatic carbocycles. The molecule has 0 aromatic rings. The minimum Gasteiger partial charge on any atom is -0.462 e. The zero-order valence-electron chi connectivity index (χ0n) is 60.7. The summed E-state index contributed by atoms with van der Waals surface area (Å²) < 4.78 is 64.9. The van der Waals surface area contributed by atoms with Crippen molar-refractivity contribution in [2.75, 3.05) is 26.4 Å². The molecule has 2 heterocycles. The standard InChI is InChI=1S/C74H135O24P/c1-5-8-11-14-17-19-21-23-24-26-27-29-31-37-43-48-59(77)91-53-57-62(80)64(82)69(87)74(95-57)97-71-67(85)65(83)66(84)70(96-73-68(86)63(81)61(79)56(50-75)94-73)72(71)98-99(88,89)92-52-55(93-60(78)49-44-39-32-30-28-25-22-20-18-15-12-9-6-2)51-90-58(76)47-42-38-34-33-36-41-46-54(4)45-40-35-16-13-10-7-3/h31,37,43,48,54-57,61-75,79-87H,5-30,32-36,38-42,44-47,49-53H2,1-4H3,(H,88,89)/b37-31+,48-43+. The van der Waals surface area contributed by atoms with E-state index >= 15 is 0 Å². The fourth-order valence-electron chi connectivity index (χ4n) is 12.9. The first kappa shape index (κ1) is 90.7. The number of phosphoric ester groups is 1. The summed E-state index contributed by atoms with van der Waals surface area (Å²) in [5.74, 6) is -1.52. The quantitative estimate of drug-likeness (QED) is 0.00673. The van der Waals surface area contributed by atoms with Gasteiger partial charge in [0.2, 0.25) is 0 Å². The van der Waals surface area contributed by atoms with Gasteiger partial charge in [-0.15, -0.1) is 0 Å². The molecule has 0 amide bonds. The summed E-state index contributed by atoms with van der Waals surface area (Å²) in [7, 11) is -5.71. The predicted octanol–water partition coefficient (Wildman–Crippen LogP) is 10.8. The van der Waals surface area contributed by atoms with Crippen molar-refractivity contribution < 1.29 is 117 Å². The van der Waals surface area contributed by atoms with Crippen LogP contribution in [0.15, 0.2) is 24.3 Å². The highest BCUT2D eigenvalue weighted by molar-refractivity contribution is 7.47. The second-order valence-corrected chi connectivity index (χ2v) is 29.5. The summed E-state index contributed by atoms with van der Waals surface area (Å²) in [5, 5.41) is 110. The van der Waals surface area contributed by atoms with Crippen molar-refractivity contribution in [3.63, 3.8) is 0 Å². The van der Waals surface area contributed by atoms with E-state index < -0.39 is 156 Å². The highest BCUT2D eigenvalue weighted by Gasteiger charge is 2.58. The molecular weight excluding hydrogens is 1300 g/mol. The Bertz CT molecular complexity index is 2160. The number of aliphatic hydroxyl groups excluding tert-OH is 10. The number of hydrogen-bond donors (Lipinski definition) is 11. The smallest absolute Gasteiger partial charge is 0.462 e. The Morgan fingerprint density at radius 1 is 0.444 bits per heavy atom. The zero-order valence-corrected chi connectivity index (χ0v) is 61.6. The minimum atomic E-state index is -5.71. The molecule has 19 atom stereocenters. The van der Waals surface area contributed by atoms with E-state index in [2.05, 4.69) is 27.7 Å². The van der Waals surface area contributed by atoms with Gasteiger partial charge in [-0.3, -0.25) is 18.6 Å². The van der Waals surface area contributed by atoms with Crippen molar-refractivity contribution >= 4 is 25.7 Å². The molecule has 11 N–H and O–H groups in total. The summed E-state index contributed by atoms with van der Waals surface area (Å²) in [6.07, 6.45) is 14.5. The number of allylic oxidation sites excluding steroid dienone is 3. The van der Waals surface area contributed by atoms with Gasteiger partial charge in [-0.25, -0.2) is 9.36 Å². The van der Waals surface area contributed by atoms with Crippen LogP contribution in [0.3, 0.4) is 0 Å². The Morgan fingerprint density at radius 2 is 0.838 bits per heavy atom. The van der Waals surface area contributed by atoms with Crippen LogP contribution in [0.5, 0.6) is 0 Å². The van der Waals surface area contributed by atoms with Crippen LogP contribution in [0.4, 0.5) is 0 Å². The molecule has 25 heteroatoms. The largest absolute Gasteiger partial charge is 0.472 e. The number of hydrogen-bond acceptors (Lipinski definition) is 23. The molecule has 0 radical (unpaired) electrons. The maximum Gasteiger partial charge on any atom is 0.472 e. The number of esters is 3. The number of carbonyl (C=O) groups is 3. The van der Waals surface area contributed by atoms with Crippen LogP contribution in [0.1, 0.15) is 291 Å². The third kappa shape index (κ3) is 38.3. The van der Waals surface area contributed by atoms with E-state index in [0.29, 0.717) is 18.8 Å². The van der Waals surface area contributed by atoms with E-state index in [1.807, 2.05) is 6.08 Å². The first-order valence-corrected chi connectivity index (χ1v) is 40.0. The Balaban J connectivity index is 1.75. The van der Waals surface area contributed by atoms with E-state index in [9.17, 15) is 74.9 Å². The first-order valence-electron chi connectivity index (χ1n) is 38.6. The topological polar surface area (TPSA) is 374 Å². The summed E-state index contributed by atoms with van der Waals surface area (Å²) in [6.45, 7) is 5.69. The normalized spacial score (nSPS) is 27.9. The molecular formula is C74H135O24P. The minimum absolute atomic E-state index is 0.0397. The van der Waals surface area contributed by atoms with Gasteiger partial charge in [-0.1, -0.05) is 271 Å². The summed E-state index contributed by atoms with van der Waals surface area (Å²) >= 11 is 0. The Morgan fingerprint density at radius 3 is 1.29 bits per heavy atom. The predicted molar refractivity (Wildman–Crippen MR) is 374 cm³/mol. The maximum atomic E-state index is 14.3. The lowest BCUT2D eigenvalue weighted by molar-refractivity contribution is -0.360. The molecule has 0 bridgehead atoms. The molecule has 580 valence electrons. The van der Waals surface area contributed by atoms with E-state index in [1.165, 1.54) is 154 Å². The van der Waals surface area contributed by atoms with Crippen LogP contribution >= 0.6 is 7.82 Å². The fraction of sp³-hybridized carbons (Fsp3) is 0.905. The van der Waals surface area contributed by atoms with Gasteiger partial charge in [0, 0.05) is 18.9 Å². The van der Waals surface area contributed by atoms with Gasteiger partial charge in [0.15, 0.2) is 18.7 Å². The molecule has 19 unspecified atom stereocenters. The lowest BCUT2D eigenvalue weighted by Crippen LogP contribution is -2.69. The number of rotatable bonds is 59. The maximum absolute atomic E-state index is 14.3. The van der Waals surface area contributed by atoms with Crippen molar-refractivity contribution in [1.29, 1.82) is 0 Å². The van der Waals surface area contributed by atoms with Gasteiger partial charge >= 0.3 is 25.7 Å². The van der Waals surface area contributed by atoms with Gasteiger partial charge in [-0.05, 0) is 31.6 Å². The van der Waals surface area contributed by atoms with Crippen LogP contribution in [0, 0.1) is 5.92 Å². The SMILES string of the molecule is CCCCCCCCCCCCC/C=C/C=C/C(=O)OCC1OC(OC2C(O)C(O)C(O)C(OC3OC(CO)C(O)C(O)C3O)C2OP(=O)(O)OCC(COC(=O)CCCCCCCCC(C)CCCCCCCC)OC(=O)CCCCCCCCCCCCCCC)C(O)C(O)C1O. The van der Waals surface area contributed by atoms with Crippen LogP contribution in [0.25, 0.3) is 0 Å². The molecule has 0 spiro atoms. The van der Waals surface area contributed by atoms with E-state index in [0.717, 1.165) is 96.0 Å². The zero-order chi connectivity index (χ0) is 72.6. The first-order chi connectivity index (χ1) is 47.7. The number of ether oxygens (including phenoxy) is 7. The van der Waals surface area contributed by atoms with Gasteiger partial charge in [0.1, 0.15) is 98.7 Å². The number of phosphoric acid groups is 1. The van der Waals surface area contributed by atoms with Crippen LogP contribution in [-0.2, 0) is 61.2 Å². The van der Waals surface area contributed by atoms with E-state index in [4.69, 9.17) is 42.2 Å². The second kappa shape index (κ2) is 55.0. The molecule has 0 aromatic carbocycles. The Kier molecular flexibility index (Phi) is 50.3. The molecule has 0 aromatic heterocycles. The number of carbonyl (C=O) groups excluding carboxylic acids is 3. The van der Waals surface area contributed by atoms with Crippen molar-refractivity contribution in [3.8, 4) is 0 Å². The van der Waals surface area contributed by atoms with E-state index in [-0.39, 0.29) is 12.8 Å². The Labute approximate surface area is 592 Å². The second-order valence-electron chi connectivity index (χ2n) is 28.1. The Hall–Kier alpha value is -2.56. The molecule has 3 rings (SSSR count). The average molecular weight is 1440 g/mol. The number of unbranched alkanes of at least 4 members (excludes halogenated alkanes) is 33. The van der Waals surface area contributed by atoms with Gasteiger partial charge in [0.05, 0.1) is 13.2 Å². The monoisotopic (exact) mass is 1440 g/mol. The third-order valence-electron chi connectivity index (χ3n) is 19.2. The lowest BCUT2D eigenvalue weighted by atomic mass is 9.84. The molecule has 24 nitrogen and oxygen atoms in total. The lowest BCUT2D eigenvalue weighted by Gasteiger charge is -2.49. The van der Waals surface area contributed by atoms with Crippen LogP contribution in [-0.4, -0.2) is 204 Å². The highest BCUT2D eigenvalue weighted by Crippen LogP contribution is 2.49. The van der Waals surface area contributed by atoms with Crippen LogP contribution < -0.4 is 0 Å². The molecule has 2 aliphatic heterocycles. The molecule has 3 fully saturated rings. The molecule has 1 saturated carbocycles. The van der Waals surface area contributed by atoms with Gasteiger partial charge in [-0.2, -0.15) is 0 Å². The summed E-state index contributed by atoms with van der Waals surface area (Å²) in [6, 6.07) is 0.